The Kier molecular flexibility index (Phi) is 7.51. The first-order valence-corrected chi connectivity index (χ1v) is 10.8. The molecule has 0 atom stereocenters. The first-order valence-electron chi connectivity index (χ1n) is 8.64. The number of carbonyl (C=O) groups is 1. The molecule has 29 heavy (non-hydrogen) atoms. The number of nitrogens with one attached hydrogen (secondary N) is 1. The maximum Gasteiger partial charge on any atom is 0.234 e. The van der Waals surface area contributed by atoms with Gasteiger partial charge in [0.15, 0.2) is 11.0 Å². The fourth-order valence-electron chi connectivity index (χ4n) is 2.44. The van der Waals surface area contributed by atoms with E-state index >= 15 is 0 Å². The van der Waals surface area contributed by atoms with Gasteiger partial charge in [-0.1, -0.05) is 39.3 Å². The van der Waals surface area contributed by atoms with Gasteiger partial charge in [0.2, 0.25) is 5.91 Å². The Balaban J connectivity index is 1.58. The molecule has 1 N–H and O–H groups in total. The number of benzene rings is 2. The van der Waals surface area contributed by atoms with E-state index in [1.165, 1.54) is 23.9 Å². The molecule has 0 saturated carbocycles. The van der Waals surface area contributed by atoms with Crippen LogP contribution in [0.3, 0.4) is 0 Å². The Bertz CT molecular complexity index is 1000. The van der Waals surface area contributed by atoms with Crippen LogP contribution in [-0.4, -0.2) is 26.4 Å². The summed E-state index contributed by atoms with van der Waals surface area (Å²) in [6.45, 7) is 2.77. The fraction of sp³-hybridized carbons (Fsp3) is 0.211. The van der Waals surface area contributed by atoms with Crippen molar-refractivity contribution >= 4 is 50.9 Å². The van der Waals surface area contributed by atoms with Crippen molar-refractivity contribution in [2.24, 2.45) is 0 Å². The van der Waals surface area contributed by atoms with Crippen molar-refractivity contribution < 1.29 is 13.9 Å². The van der Waals surface area contributed by atoms with E-state index in [0.29, 0.717) is 34.0 Å². The van der Waals surface area contributed by atoms with Gasteiger partial charge >= 0.3 is 0 Å². The van der Waals surface area contributed by atoms with Crippen LogP contribution >= 0.6 is 39.3 Å². The lowest BCUT2D eigenvalue weighted by molar-refractivity contribution is -0.113. The smallest absolute Gasteiger partial charge is 0.234 e. The molecular weight excluding hydrogens is 483 g/mol. The van der Waals surface area contributed by atoms with Crippen LogP contribution in [0, 0.1) is 5.82 Å². The van der Waals surface area contributed by atoms with Gasteiger partial charge in [-0.25, -0.2) is 4.39 Å². The Morgan fingerprint density at radius 3 is 2.72 bits per heavy atom. The Morgan fingerprint density at radius 2 is 2.03 bits per heavy atom. The largest absolute Gasteiger partial charge is 0.486 e. The van der Waals surface area contributed by atoms with Gasteiger partial charge in [-0.15, -0.1) is 10.2 Å². The van der Waals surface area contributed by atoms with Gasteiger partial charge in [-0.2, -0.15) is 0 Å². The maximum absolute atomic E-state index is 13.0. The number of ether oxygens (including phenoxy) is 1. The molecule has 0 bridgehead atoms. The molecule has 152 valence electrons. The molecule has 2 aromatic carbocycles. The van der Waals surface area contributed by atoms with E-state index in [9.17, 15) is 9.18 Å². The number of halogens is 3. The summed E-state index contributed by atoms with van der Waals surface area (Å²) in [6, 6.07) is 11.0. The summed E-state index contributed by atoms with van der Waals surface area (Å²) in [6.07, 6.45) is 0. The van der Waals surface area contributed by atoms with Gasteiger partial charge in [0.05, 0.1) is 16.5 Å². The standard InChI is InChI=1S/C19H17BrClFN4O2S/c1-2-26-17(10-28-14-6-4-13(22)5-7-14)24-25-19(26)29-11-18(27)23-16-8-3-12(20)9-15(16)21/h3-9H,2,10-11H2,1H3,(H,23,27). The van der Waals surface area contributed by atoms with Crippen molar-refractivity contribution in [1.82, 2.24) is 14.8 Å². The Morgan fingerprint density at radius 1 is 1.28 bits per heavy atom. The summed E-state index contributed by atoms with van der Waals surface area (Å²) in [5.74, 6) is 0.792. The number of anilines is 1. The number of hydrogen-bond donors (Lipinski definition) is 1. The molecule has 0 radical (unpaired) electrons. The van der Waals surface area contributed by atoms with Crippen molar-refractivity contribution in [2.75, 3.05) is 11.1 Å². The third-order valence-electron chi connectivity index (χ3n) is 3.83. The number of hydrogen-bond acceptors (Lipinski definition) is 5. The number of carbonyl (C=O) groups excluding carboxylic acids is 1. The second kappa shape index (κ2) is 10.1. The number of amides is 1. The molecule has 0 spiro atoms. The van der Waals surface area contributed by atoms with Crippen LogP contribution in [0.2, 0.25) is 5.02 Å². The molecule has 1 amide bonds. The first-order chi connectivity index (χ1) is 14.0. The summed E-state index contributed by atoms with van der Waals surface area (Å²) in [7, 11) is 0. The number of rotatable bonds is 8. The molecule has 3 aromatic rings. The molecule has 6 nitrogen and oxygen atoms in total. The van der Waals surface area contributed by atoms with Crippen molar-refractivity contribution in [1.29, 1.82) is 0 Å². The van der Waals surface area contributed by atoms with Gasteiger partial charge < -0.3 is 14.6 Å². The first kappa shape index (κ1) is 21.6. The number of thioether (sulfide) groups is 1. The number of aromatic nitrogens is 3. The zero-order valence-corrected chi connectivity index (χ0v) is 18.5. The molecular formula is C19H17BrClFN4O2S. The SMILES string of the molecule is CCn1c(COc2ccc(F)cc2)nnc1SCC(=O)Nc1ccc(Br)cc1Cl. The van der Waals surface area contributed by atoms with Crippen LogP contribution in [0.4, 0.5) is 10.1 Å². The van der Waals surface area contributed by atoms with Gasteiger partial charge in [0.1, 0.15) is 18.2 Å². The highest BCUT2D eigenvalue weighted by Crippen LogP contribution is 2.26. The zero-order valence-electron chi connectivity index (χ0n) is 15.4. The van der Waals surface area contributed by atoms with E-state index in [4.69, 9.17) is 16.3 Å². The van der Waals surface area contributed by atoms with Gasteiger partial charge in [-0.3, -0.25) is 4.79 Å². The van der Waals surface area contributed by atoms with E-state index in [1.54, 1.807) is 30.3 Å². The highest BCUT2D eigenvalue weighted by Gasteiger charge is 2.14. The third kappa shape index (κ3) is 5.94. The van der Waals surface area contributed by atoms with E-state index in [0.717, 1.165) is 4.47 Å². The van der Waals surface area contributed by atoms with Crippen LogP contribution in [0.25, 0.3) is 0 Å². The third-order valence-corrected chi connectivity index (χ3v) is 5.60. The Hall–Kier alpha value is -2.10. The van der Waals surface area contributed by atoms with E-state index in [-0.39, 0.29) is 24.1 Å². The van der Waals surface area contributed by atoms with Crippen molar-refractivity contribution in [2.45, 2.75) is 25.2 Å². The summed E-state index contributed by atoms with van der Waals surface area (Å²) in [5, 5.41) is 12.1. The number of nitrogens with zero attached hydrogens (tertiary/aromatic N) is 3. The van der Waals surface area contributed by atoms with Crippen LogP contribution in [-0.2, 0) is 17.9 Å². The second-order valence-electron chi connectivity index (χ2n) is 5.85. The minimum atomic E-state index is -0.324. The predicted octanol–water partition coefficient (Wildman–Crippen LogP) is 5.16. The molecule has 1 heterocycles. The molecule has 0 fully saturated rings. The highest BCUT2D eigenvalue weighted by molar-refractivity contribution is 9.10. The average Bonchev–Trinajstić information content (AvgIpc) is 3.10. The van der Waals surface area contributed by atoms with Gasteiger partial charge in [0.25, 0.3) is 0 Å². The molecule has 0 aliphatic rings. The lowest BCUT2D eigenvalue weighted by Gasteiger charge is -2.09. The lowest BCUT2D eigenvalue weighted by atomic mass is 10.3. The lowest BCUT2D eigenvalue weighted by Crippen LogP contribution is -2.15. The minimum Gasteiger partial charge on any atom is -0.486 e. The van der Waals surface area contributed by atoms with Crippen molar-refractivity contribution in [3.8, 4) is 5.75 Å². The summed E-state index contributed by atoms with van der Waals surface area (Å²) >= 11 is 10.7. The van der Waals surface area contributed by atoms with Crippen LogP contribution < -0.4 is 10.1 Å². The molecule has 10 heteroatoms. The maximum atomic E-state index is 13.0. The van der Waals surface area contributed by atoms with Crippen LogP contribution in [0.15, 0.2) is 52.1 Å². The molecule has 0 saturated heterocycles. The average molecular weight is 500 g/mol. The highest BCUT2D eigenvalue weighted by atomic mass is 79.9. The van der Waals surface area contributed by atoms with Crippen LogP contribution in [0.1, 0.15) is 12.7 Å². The quantitative estimate of drug-likeness (QED) is 0.434. The minimum absolute atomic E-state index is 0.156. The monoisotopic (exact) mass is 498 g/mol. The molecule has 0 aliphatic carbocycles. The van der Waals surface area contributed by atoms with Crippen molar-refractivity contribution in [3.05, 3.63) is 63.6 Å². The fourth-order valence-corrected chi connectivity index (χ4v) is 3.98. The van der Waals surface area contributed by atoms with Crippen molar-refractivity contribution in [3.63, 3.8) is 0 Å². The molecule has 3 rings (SSSR count). The van der Waals surface area contributed by atoms with Crippen LogP contribution in [0.5, 0.6) is 5.75 Å². The predicted molar refractivity (Wildman–Crippen MR) is 115 cm³/mol. The normalized spacial score (nSPS) is 10.8. The molecule has 1 aromatic heterocycles. The summed E-state index contributed by atoms with van der Waals surface area (Å²) in [5.41, 5.74) is 0.547. The zero-order chi connectivity index (χ0) is 20.8. The summed E-state index contributed by atoms with van der Waals surface area (Å²) in [4.78, 5) is 12.3. The van der Waals surface area contributed by atoms with Gasteiger partial charge in [-0.05, 0) is 49.4 Å². The molecule has 0 unspecified atom stereocenters. The van der Waals surface area contributed by atoms with E-state index < -0.39 is 0 Å². The Labute approximate surface area is 184 Å². The van der Waals surface area contributed by atoms with Gasteiger partial charge in [0, 0.05) is 11.0 Å². The summed E-state index contributed by atoms with van der Waals surface area (Å²) < 4.78 is 21.3. The van der Waals surface area contributed by atoms with E-state index in [1.807, 2.05) is 11.5 Å². The molecule has 0 aliphatic heterocycles. The van der Waals surface area contributed by atoms with E-state index in [2.05, 4.69) is 31.4 Å². The topological polar surface area (TPSA) is 69.0 Å². The second-order valence-corrected chi connectivity index (χ2v) is 8.11.